The van der Waals surface area contributed by atoms with Crippen molar-refractivity contribution in [2.75, 3.05) is 20.3 Å². The van der Waals surface area contributed by atoms with E-state index in [0.29, 0.717) is 6.04 Å². The molecule has 0 aliphatic carbocycles. The molecule has 2 nitrogen and oxygen atoms in total. The number of nitrogens with one attached hydrogen (secondary N) is 1. The number of halogens is 1. The minimum Gasteiger partial charge on any atom is -0.385 e. The van der Waals surface area contributed by atoms with Crippen molar-refractivity contribution in [3.63, 3.8) is 0 Å². The highest BCUT2D eigenvalue weighted by Gasteiger charge is 2.04. The van der Waals surface area contributed by atoms with Crippen LogP contribution in [0, 0.1) is 0 Å². The van der Waals surface area contributed by atoms with Crippen LogP contribution in [0.15, 0.2) is 0 Å². The molecule has 0 aromatic carbocycles. The molecule has 0 aliphatic heterocycles. The summed E-state index contributed by atoms with van der Waals surface area (Å²) in [6.45, 7) is 5.95. The maximum absolute atomic E-state index is 5.95. The summed E-state index contributed by atoms with van der Waals surface area (Å²) in [6.07, 6.45) is 2.06. The maximum atomic E-state index is 5.95. The summed E-state index contributed by atoms with van der Waals surface area (Å²) in [6, 6.07) is 0.498. The molecule has 0 fully saturated rings. The Morgan fingerprint density at radius 3 is 2.67 bits per heavy atom. The van der Waals surface area contributed by atoms with Crippen molar-refractivity contribution in [3.8, 4) is 0 Å². The van der Waals surface area contributed by atoms with Crippen LogP contribution in [-0.2, 0) is 4.74 Å². The summed E-state index contributed by atoms with van der Waals surface area (Å²) in [5, 5.41) is 3.62. The van der Waals surface area contributed by atoms with Gasteiger partial charge in [-0.15, -0.1) is 11.6 Å². The largest absolute Gasteiger partial charge is 0.385 e. The van der Waals surface area contributed by atoms with Crippen molar-refractivity contribution in [1.29, 1.82) is 0 Å². The molecule has 0 amide bonds. The smallest absolute Gasteiger partial charge is 0.0476 e. The molecule has 3 heteroatoms. The van der Waals surface area contributed by atoms with Gasteiger partial charge in [0.2, 0.25) is 0 Å². The van der Waals surface area contributed by atoms with Gasteiger partial charge in [-0.25, -0.2) is 0 Å². The van der Waals surface area contributed by atoms with Crippen LogP contribution in [-0.4, -0.2) is 31.7 Å². The van der Waals surface area contributed by atoms with Crippen molar-refractivity contribution < 1.29 is 4.74 Å². The number of ether oxygens (including phenoxy) is 1. The van der Waals surface area contributed by atoms with Crippen LogP contribution in [0.4, 0.5) is 0 Å². The van der Waals surface area contributed by atoms with Crippen LogP contribution in [0.25, 0.3) is 0 Å². The molecule has 12 heavy (non-hydrogen) atoms. The van der Waals surface area contributed by atoms with Crippen LogP contribution >= 0.6 is 11.6 Å². The minimum atomic E-state index is 0.259. The SMILES string of the molecule is CCC(Cl)CNC(C)CCOC. The first kappa shape index (κ1) is 12.2. The monoisotopic (exact) mass is 193 g/mol. The predicted molar refractivity (Wildman–Crippen MR) is 53.9 cm³/mol. The third-order valence-electron chi connectivity index (χ3n) is 1.89. The molecule has 0 rings (SSSR count). The summed E-state index contributed by atoms with van der Waals surface area (Å²) >= 11 is 5.95. The Morgan fingerprint density at radius 2 is 2.17 bits per heavy atom. The van der Waals surface area contributed by atoms with Crippen LogP contribution < -0.4 is 5.32 Å². The lowest BCUT2D eigenvalue weighted by Crippen LogP contribution is -2.32. The molecule has 0 radical (unpaired) electrons. The third kappa shape index (κ3) is 6.89. The molecular formula is C9H20ClNO. The van der Waals surface area contributed by atoms with Gasteiger partial charge in [0.05, 0.1) is 0 Å². The summed E-state index contributed by atoms with van der Waals surface area (Å²) in [5.41, 5.74) is 0. The Morgan fingerprint density at radius 1 is 1.50 bits per heavy atom. The first-order valence-corrected chi connectivity index (χ1v) is 5.00. The number of hydrogen-bond donors (Lipinski definition) is 1. The van der Waals surface area contributed by atoms with Gasteiger partial charge in [0.15, 0.2) is 0 Å². The van der Waals surface area contributed by atoms with Gasteiger partial charge in [-0.3, -0.25) is 0 Å². The molecule has 2 unspecified atom stereocenters. The Hall–Kier alpha value is 0.210. The quantitative estimate of drug-likeness (QED) is 0.625. The lowest BCUT2D eigenvalue weighted by Gasteiger charge is -2.15. The normalized spacial score (nSPS) is 16.0. The fourth-order valence-corrected chi connectivity index (χ4v) is 0.959. The van der Waals surface area contributed by atoms with Gasteiger partial charge in [-0.1, -0.05) is 6.92 Å². The van der Waals surface area contributed by atoms with E-state index in [1.807, 2.05) is 0 Å². The fraction of sp³-hybridized carbons (Fsp3) is 1.00. The van der Waals surface area contributed by atoms with Gasteiger partial charge in [-0.05, 0) is 19.8 Å². The molecule has 0 heterocycles. The van der Waals surface area contributed by atoms with E-state index in [1.165, 1.54) is 0 Å². The number of methoxy groups -OCH3 is 1. The molecule has 0 spiro atoms. The molecule has 0 bridgehead atoms. The predicted octanol–water partition coefficient (Wildman–Crippen LogP) is 2.02. The number of rotatable bonds is 7. The fourth-order valence-electron chi connectivity index (χ4n) is 0.870. The lowest BCUT2D eigenvalue weighted by atomic mass is 10.2. The van der Waals surface area contributed by atoms with E-state index in [-0.39, 0.29) is 5.38 Å². The van der Waals surface area contributed by atoms with Crippen molar-refractivity contribution >= 4 is 11.6 Å². The van der Waals surface area contributed by atoms with E-state index in [4.69, 9.17) is 16.3 Å². The van der Waals surface area contributed by atoms with Crippen LogP contribution in [0.2, 0.25) is 0 Å². The number of alkyl halides is 1. The highest BCUT2D eigenvalue weighted by atomic mass is 35.5. The minimum absolute atomic E-state index is 0.259. The molecule has 2 atom stereocenters. The van der Waals surface area contributed by atoms with Crippen molar-refractivity contribution in [3.05, 3.63) is 0 Å². The van der Waals surface area contributed by atoms with E-state index in [9.17, 15) is 0 Å². The van der Waals surface area contributed by atoms with Gasteiger partial charge >= 0.3 is 0 Å². The summed E-state index contributed by atoms with van der Waals surface area (Å²) in [5.74, 6) is 0. The van der Waals surface area contributed by atoms with Crippen LogP contribution in [0.3, 0.4) is 0 Å². The topological polar surface area (TPSA) is 21.3 Å². The third-order valence-corrected chi connectivity index (χ3v) is 2.35. The molecule has 0 saturated carbocycles. The van der Waals surface area contributed by atoms with Crippen molar-refractivity contribution in [1.82, 2.24) is 5.32 Å². The highest BCUT2D eigenvalue weighted by molar-refractivity contribution is 6.20. The van der Waals surface area contributed by atoms with E-state index in [2.05, 4.69) is 19.2 Å². The second kappa shape index (κ2) is 7.84. The zero-order valence-electron chi connectivity index (χ0n) is 8.27. The Kier molecular flexibility index (Phi) is 7.98. The molecule has 74 valence electrons. The summed E-state index contributed by atoms with van der Waals surface area (Å²) in [7, 11) is 1.73. The molecule has 0 aromatic heterocycles. The van der Waals surface area contributed by atoms with Gasteiger partial charge in [0.1, 0.15) is 0 Å². The highest BCUT2D eigenvalue weighted by Crippen LogP contribution is 2.00. The zero-order valence-corrected chi connectivity index (χ0v) is 9.03. The first-order valence-electron chi connectivity index (χ1n) is 4.57. The standard InChI is InChI=1S/C9H20ClNO/c1-4-9(10)7-11-8(2)5-6-12-3/h8-9,11H,4-7H2,1-3H3. The van der Waals surface area contributed by atoms with E-state index in [1.54, 1.807) is 7.11 Å². The van der Waals surface area contributed by atoms with Crippen molar-refractivity contribution in [2.24, 2.45) is 0 Å². The van der Waals surface area contributed by atoms with Gasteiger partial charge in [0, 0.05) is 31.7 Å². The molecule has 0 aromatic rings. The first-order chi connectivity index (χ1) is 5.70. The van der Waals surface area contributed by atoms with E-state index >= 15 is 0 Å². The Labute approximate surface area is 80.6 Å². The average Bonchev–Trinajstić information content (AvgIpc) is 2.10. The Balaban J connectivity index is 3.24. The van der Waals surface area contributed by atoms with Gasteiger partial charge in [-0.2, -0.15) is 0 Å². The summed E-state index contributed by atoms with van der Waals surface area (Å²) < 4.78 is 4.97. The zero-order chi connectivity index (χ0) is 9.40. The van der Waals surface area contributed by atoms with E-state index < -0.39 is 0 Å². The second-order valence-corrected chi connectivity index (χ2v) is 3.71. The maximum Gasteiger partial charge on any atom is 0.0476 e. The van der Waals surface area contributed by atoms with Crippen LogP contribution in [0.5, 0.6) is 0 Å². The van der Waals surface area contributed by atoms with Gasteiger partial charge in [0.25, 0.3) is 0 Å². The van der Waals surface area contributed by atoms with Crippen LogP contribution in [0.1, 0.15) is 26.7 Å². The molecule has 0 saturated heterocycles. The van der Waals surface area contributed by atoms with Gasteiger partial charge < -0.3 is 10.1 Å². The Bertz CT molecular complexity index is 101. The van der Waals surface area contributed by atoms with E-state index in [0.717, 1.165) is 26.0 Å². The summed E-state index contributed by atoms with van der Waals surface area (Å²) in [4.78, 5) is 0. The van der Waals surface area contributed by atoms with Crippen molar-refractivity contribution in [2.45, 2.75) is 38.1 Å². The second-order valence-electron chi connectivity index (χ2n) is 3.10. The average molecular weight is 194 g/mol. The molecule has 0 aliphatic rings. The molecular weight excluding hydrogens is 174 g/mol. The number of hydrogen-bond acceptors (Lipinski definition) is 2. The lowest BCUT2D eigenvalue weighted by molar-refractivity contribution is 0.185. The molecule has 1 N–H and O–H groups in total.